The van der Waals surface area contributed by atoms with Crippen molar-refractivity contribution in [1.29, 1.82) is 0 Å². The number of rotatable bonds is 4. The third kappa shape index (κ3) is 2.68. The van der Waals surface area contributed by atoms with Gasteiger partial charge >= 0.3 is 0 Å². The number of benzene rings is 1. The summed E-state index contributed by atoms with van der Waals surface area (Å²) in [7, 11) is 0. The number of aliphatic hydroxyl groups is 2. The van der Waals surface area contributed by atoms with E-state index >= 15 is 0 Å². The van der Waals surface area contributed by atoms with Gasteiger partial charge in [-0.25, -0.2) is 0 Å². The molecule has 1 aromatic rings. The van der Waals surface area contributed by atoms with E-state index in [1.54, 1.807) is 0 Å². The summed E-state index contributed by atoms with van der Waals surface area (Å²) in [6.07, 6.45) is 0.967. The van der Waals surface area contributed by atoms with Crippen LogP contribution in [0.15, 0.2) is 30.3 Å². The Morgan fingerprint density at radius 2 is 1.88 bits per heavy atom. The summed E-state index contributed by atoms with van der Waals surface area (Å²) in [5, 5.41) is 18.9. The van der Waals surface area contributed by atoms with Gasteiger partial charge < -0.3 is 10.2 Å². The van der Waals surface area contributed by atoms with Crippen LogP contribution in [0.25, 0.3) is 0 Å². The summed E-state index contributed by atoms with van der Waals surface area (Å²) in [5.41, 5.74) is 1.23. The Hall–Kier alpha value is -0.900. The molecule has 1 aliphatic heterocycles. The lowest BCUT2D eigenvalue weighted by Crippen LogP contribution is -2.40. The molecule has 0 bridgehead atoms. The van der Waals surface area contributed by atoms with E-state index in [0.717, 1.165) is 13.0 Å². The van der Waals surface area contributed by atoms with Crippen LogP contribution in [0.3, 0.4) is 0 Å². The molecule has 3 heteroatoms. The number of hydrogen-bond donors (Lipinski definition) is 2. The zero-order valence-electron chi connectivity index (χ0n) is 10.3. The lowest BCUT2D eigenvalue weighted by atomic mass is 10.0. The molecule has 1 heterocycles. The quantitative estimate of drug-likeness (QED) is 0.825. The van der Waals surface area contributed by atoms with Gasteiger partial charge in [-0.05, 0) is 17.9 Å². The molecule has 0 amide bonds. The molecule has 0 radical (unpaired) electrons. The molecule has 2 N–H and O–H groups in total. The van der Waals surface area contributed by atoms with E-state index in [1.807, 2.05) is 18.2 Å². The van der Waals surface area contributed by atoms with Gasteiger partial charge in [0.25, 0.3) is 0 Å². The molecule has 0 unspecified atom stereocenters. The average molecular weight is 235 g/mol. The minimum Gasteiger partial charge on any atom is -0.395 e. The van der Waals surface area contributed by atoms with Crippen LogP contribution in [0.5, 0.6) is 0 Å². The molecule has 1 aromatic carbocycles. The summed E-state index contributed by atoms with van der Waals surface area (Å²) < 4.78 is 0. The SMILES string of the molecule is C[C@@H]1C[C@H](CO)N(Cc2ccccc2)[C@@H]1CO. The fourth-order valence-corrected chi connectivity index (χ4v) is 2.82. The molecule has 1 saturated heterocycles. The average Bonchev–Trinajstić information content (AvgIpc) is 2.66. The van der Waals surface area contributed by atoms with E-state index in [0.29, 0.717) is 5.92 Å². The Bertz CT molecular complexity index is 341. The first kappa shape index (κ1) is 12.6. The standard InChI is InChI=1S/C14H21NO2/c1-11-7-13(9-16)15(14(11)10-17)8-12-5-3-2-4-6-12/h2-6,11,13-14,16-17H,7-10H2,1H3/t11-,13-,14-/m1/s1. The van der Waals surface area contributed by atoms with Crippen molar-refractivity contribution in [2.24, 2.45) is 5.92 Å². The predicted molar refractivity (Wildman–Crippen MR) is 67.5 cm³/mol. The van der Waals surface area contributed by atoms with Gasteiger partial charge in [0.1, 0.15) is 0 Å². The molecule has 1 fully saturated rings. The third-order valence-electron chi connectivity index (χ3n) is 3.80. The van der Waals surface area contributed by atoms with Gasteiger partial charge in [0, 0.05) is 18.6 Å². The summed E-state index contributed by atoms with van der Waals surface area (Å²) in [6.45, 7) is 3.30. The maximum Gasteiger partial charge on any atom is 0.0589 e. The van der Waals surface area contributed by atoms with Crippen molar-refractivity contribution in [1.82, 2.24) is 4.90 Å². The van der Waals surface area contributed by atoms with Gasteiger partial charge in [0.05, 0.1) is 13.2 Å². The highest BCUT2D eigenvalue weighted by Crippen LogP contribution is 2.30. The Kier molecular flexibility index (Phi) is 4.15. The van der Waals surface area contributed by atoms with Crippen LogP contribution in [0.2, 0.25) is 0 Å². The maximum absolute atomic E-state index is 9.47. The van der Waals surface area contributed by atoms with Crippen molar-refractivity contribution in [3.8, 4) is 0 Å². The molecule has 94 valence electrons. The van der Waals surface area contributed by atoms with Crippen molar-refractivity contribution >= 4 is 0 Å². The van der Waals surface area contributed by atoms with Gasteiger partial charge in [-0.1, -0.05) is 37.3 Å². The van der Waals surface area contributed by atoms with Crippen LogP contribution in [-0.2, 0) is 6.54 Å². The molecule has 0 aromatic heterocycles. The van der Waals surface area contributed by atoms with Crippen molar-refractivity contribution in [3.63, 3.8) is 0 Å². The molecule has 0 aliphatic carbocycles. The van der Waals surface area contributed by atoms with E-state index < -0.39 is 0 Å². The van der Waals surface area contributed by atoms with Gasteiger partial charge in [0.15, 0.2) is 0 Å². The lowest BCUT2D eigenvalue weighted by molar-refractivity contribution is 0.0830. The fourth-order valence-electron chi connectivity index (χ4n) is 2.82. The normalized spacial score (nSPS) is 29.7. The molecular weight excluding hydrogens is 214 g/mol. The van der Waals surface area contributed by atoms with Crippen LogP contribution in [0.1, 0.15) is 18.9 Å². The monoisotopic (exact) mass is 235 g/mol. The minimum absolute atomic E-state index is 0.171. The largest absolute Gasteiger partial charge is 0.395 e. The first-order valence-corrected chi connectivity index (χ1v) is 6.27. The Morgan fingerprint density at radius 3 is 2.47 bits per heavy atom. The summed E-state index contributed by atoms with van der Waals surface area (Å²) in [5.74, 6) is 0.445. The topological polar surface area (TPSA) is 43.7 Å². The van der Waals surface area contributed by atoms with Crippen LogP contribution in [-0.4, -0.2) is 40.4 Å². The fraction of sp³-hybridized carbons (Fsp3) is 0.571. The third-order valence-corrected chi connectivity index (χ3v) is 3.80. The highest BCUT2D eigenvalue weighted by Gasteiger charge is 2.37. The first-order chi connectivity index (χ1) is 8.26. The van der Waals surface area contributed by atoms with E-state index in [2.05, 4.69) is 24.0 Å². The number of nitrogens with zero attached hydrogens (tertiary/aromatic N) is 1. The maximum atomic E-state index is 9.47. The highest BCUT2D eigenvalue weighted by atomic mass is 16.3. The van der Waals surface area contributed by atoms with Crippen LogP contribution < -0.4 is 0 Å². The van der Waals surface area contributed by atoms with Crippen LogP contribution in [0, 0.1) is 5.92 Å². The summed E-state index contributed by atoms with van der Waals surface area (Å²) >= 11 is 0. The summed E-state index contributed by atoms with van der Waals surface area (Å²) in [4.78, 5) is 2.24. The van der Waals surface area contributed by atoms with Crippen molar-refractivity contribution in [2.45, 2.75) is 32.0 Å². The Balaban J connectivity index is 2.11. The van der Waals surface area contributed by atoms with Gasteiger partial charge in [-0.2, -0.15) is 0 Å². The number of likely N-dealkylation sites (tertiary alicyclic amines) is 1. The van der Waals surface area contributed by atoms with E-state index in [9.17, 15) is 10.2 Å². The second-order valence-electron chi connectivity index (χ2n) is 4.96. The van der Waals surface area contributed by atoms with Gasteiger partial charge in [0.2, 0.25) is 0 Å². The molecule has 0 spiro atoms. The molecule has 2 rings (SSSR count). The van der Waals surface area contributed by atoms with E-state index in [1.165, 1.54) is 5.56 Å². The smallest absolute Gasteiger partial charge is 0.0589 e. The summed E-state index contributed by atoms with van der Waals surface area (Å²) in [6, 6.07) is 10.6. The van der Waals surface area contributed by atoms with Gasteiger partial charge in [-0.3, -0.25) is 4.90 Å². The van der Waals surface area contributed by atoms with Crippen molar-refractivity contribution in [2.75, 3.05) is 13.2 Å². The lowest BCUT2D eigenvalue weighted by Gasteiger charge is -2.29. The molecule has 17 heavy (non-hydrogen) atoms. The zero-order valence-corrected chi connectivity index (χ0v) is 10.3. The molecule has 1 aliphatic rings. The predicted octanol–water partition coefficient (Wildman–Crippen LogP) is 1.25. The molecule has 3 atom stereocenters. The molecule has 3 nitrogen and oxygen atoms in total. The van der Waals surface area contributed by atoms with Gasteiger partial charge in [-0.15, -0.1) is 0 Å². The second kappa shape index (κ2) is 5.63. The van der Waals surface area contributed by atoms with E-state index in [-0.39, 0.29) is 25.3 Å². The second-order valence-corrected chi connectivity index (χ2v) is 4.96. The number of hydrogen-bond acceptors (Lipinski definition) is 3. The van der Waals surface area contributed by atoms with Crippen molar-refractivity contribution in [3.05, 3.63) is 35.9 Å². The Morgan fingerprint density at radius 1 is 1.18 bits per heavy atom. The molecule has 0 saturated carbocycles. The Labute approximate surface area is 103 Å². The first-order valence-electron chi connectivity index (χ1n) is 6.27. The van der Waals surface area contributed by atoms with Crippen LogP contribution in [0.4, 0.5) is 0 Å². The minimum atomic E-state index is 0.171. The zero-order chi connectivity index (χ0) is 12.3. The molecular formula is C14H21NO2. The van der Waals surface area contributed by atoms with Crippen molar-refractivity contribution < 1.29 is 10.2 Å². The van der Waals surface area contributed by atoms with Crippen LogP contribution >= 0.6 is 0 Å². The van der Waals surface area contributed by atoms with E-state index in [4.69, 9.17) is 0 Å². The highest BCUT2D eigenvalue weighted by molar-refractivity contribution is 5.15. The number of aliphatic hydroxyl groups excluding tert-OH is 2.